The maximum absolute atomic E-state index is 13.1. The molecule has 0 unspecified atom stereocenters. The van der Waals surface area contributed by atoms with Gasteiger partial charge in [-0.05, 0) is 48.4 Å². The smallest absolute Gasteiger partial charge is 0.335 e. The monoisotopic (exact) mass is 460 g/mol. The Kier molecular flexibility index (Phi) is 6.68. The first-order chi connectivity index (χ1) is 14.8. The van der Waals surface area contributed by atoms with Crippen LogP contribution in [0.4, 0.5) is 10.5 Å². The highest BCUT2D eigenvalue weighted by Crippen LogP contribution is 2.34. The van der Waals surface area contributed by atoms with Crippen LogP contribution in [0.5, 0.6) is 11.5 Å². The standard InChI is InChI=1S/C22H18Cl2N2O5/c1-4-5-13-8-12(10-18(30-2)19(13)31-3)9-15-20(27)25-22(29)26(21(15)28)14-6-7-16(23)17(24)11-14/h4,6-11H,1,5H2,2-3H3,(H,25,27,29)/b15-9+. The summed E-state index contributed by atoms with van der Waals surface area (Å²) in [5, 5.41) is 2.59. The van der Waals surface area contributed by atoms with E-state index in [0.717, 1.165) is 10.5 Å². The molecule has 1 aliphatic rings. The summed E-state index contributed by atoms with van der Waals surface area (Å²) >= 11 is 11.9. The van der Waals surface area contributed by atoms with Gasteiger partial charge in [-0.3, -0.25) is 14.9 Å². The summed E-state index contributed by atoms with van der Waals surface area (Å²) in [5.41, 5.74) is 1.21. The first-order valence-corrected chi connectivity index (χ1v) is 9.78. The molecule has 1 saturated heterocycles. The fourth-order valence-electron chi connectivity index (χ4n) is 3.14. The van der Waals surface area contributed by atoms with Gasteiger partial charge in [-0.2, -0.15) is 0 Å². The number of hydrogen-bond acceptors (Lipinski definition) is 5. The van der Waals surface area contributed by atoms with Crippen molar-refractivity contribution in [2.75, 3.05) is 19.1 Å². The number of methoxy groups -OCH3 is 2. The molecule has 1 aliphatic heterocycles. The predicted molar refractivity (Wildman–Crippen MR) is 119 cm³/mol. The van der Waals surface area contributed by atoms with Crippen LogP contribution in [-0.2, 0) is 16.0 Å². The van der Waals surface area contributed by atoms with Crippen molar-refractivity contribution in [3.05, 3.63) is 69.7 Å². The highest BCUT2D eigenvalue weighted by atomic mass is 35.5. The average molecular weight is 461 g/mol. The summed E-state index contributed by atoms with van der Waals surface area (Å²) in [4.78, 5) is 38.7. The minimum Gasteiger partial charge on any atom is -0.493 e. The van der Waals surface area contributed by atoms with E-state index in [1.54, 1.807) is 18.2 Å². The molecule has 0 aliphatic carbocycles. The number of allylic oxidation sites excluding steroid dienone is 1. The van der Waals surface area contributed by atoms with Gasteiger partial charge in [0.1, 0.15) is 5.57 Å². The van der Waals surface area contributed by atoms with E-state index < -0.39 is 17.8 Å². The SMILES string of the molecule is C=CCc1cc(/C=C2\C(=O)NC(=O)N(c3ccc(Cl)c(Cl)c3)C2=O)cc(OC)c1OC. The summed E-state index contributed by atoms with van der Waals surface area (Å²) < 4.78 is 10.8. The minimum atomic E-state index is -0.884. The summed E-state index contributed by atoms with van der Waals surface area (Å²) in [5.74, 6) is -0.662. The molecule has 0 radical (unpaired) electrons. The molecule has 0 spiro atoms. The van der Waals surface area contributed by atoms with Crippen LogP contribution in [0.25, 0.3) is 6.08 Å². The van der Waals surface area contributed by atoms with Crippen LogP contribution in [0.2, 0.25) is 10.0 Å². The number of imide groups is 2. The van der Waals surface area contributed by atoms with E-state index in [9.17, 15) is 14.4 Å². The number of carbonyl (C=O) groups is 3. The van der Waals surface area contributed by atoms with Gasteiger partial charge in [-0.25, -0.2) is 9.69 Å². The maximum Gasteiger partial charge on any atom is 0.335 e. The number of ether oxygens (including phenoxy) is 2. The lowest BCUT2D eigenvalue weighted by molar-refractivity contribution is -0.122. The van der Waals surface area contributed by atoms with Crippen molar-refractivity contribution in [1.82, 2.24) is 5.32 Å². The van der Waals surface area contributed by atoms with Crippen LogP contribution >= 0.6 is 23.2 Å². The molecular formula is C22H18Cl2N2O5. The quantitative estimate of drug-likeness (QED) is 0.392. The highest BCUT2D eigenvalue weighted by Gasteiger charge is 2.37. The Balaban J connectivity index is 2.08. The molecule has 1 fully saturated rings. The van der Waals surface area contributed by atoms with Crippen LogP contribution < -0.4 is 19.7 Å². The van der Waals surface area contributed by atoms with E-state index in [-0.39, 0.29) is 21.3 Å². The molecule has 7 nitrogen and oxygen atoms in total. The third-order valence-electron chi connectivity index (χ3n) is 4.52. The number of nitrogens with one attached hydrogen (secondary N) is 1. The van der Waals surface area contributed by atoms with Gasteiger partial charge >= 0.3 is 6.03 Å². The molecular weight excluding hydrogens is 443 g/mol. The van der Waals surface area contributed by atoms with Gasteiger partial charge in [0.05, 0.1) is 30.0 Å². The van der Waals surface area contributed by atoms with Gasteiger partial charge in [0.2, 0.25) is 0 Å². The number of anilines is 1. The lowest BCUT2D eigenvalue weighted by atomic mass is 10.0. The number of carbonyl (C=O) groups excluding carboxylic acids is 3. The van der Waals surface area contributed by atoms with E-state index in [1.165, 1.54) is 38.5 Å². The molecule has 3 rings (SSSR count). The Morgan fingerprint density at radius 3 is 2.42 bits per heavy atom. The number of hydrogen-bond donors (Lipinski definition) is 1. The predicted octanol–water partition coefficient (Wildman–Crippen LogP) is 4.41. The molecule has 9 heteroatoms. The van der Waals surface area contributed by atoms with Crippen molar-refractivity contribution in [2.45, 2.75) is 6.42 Å². The maximum atomic E-state index is 13.1. The Morgan fingerprint density at radius 2 is 1.81 bits per heavy atom. The normalized spacial score (nSPS) is 15.2. The fourth-order valence-corrected chi connectivity index (χ4v) is 3.43. The Hall–Kier alpha value is -3.29. The van der Waals surface area contributed by atoms with E-state index in [0.29, 0.717) is 23.5 Å². The van der Waals surface area contributed by atoms with E-state index >= 15 is 0 Å². The molecule has 160 valence electrons. The molecule has 2 aromatic rings. The third-order valence-corrected chi connectivity index (χ3v) is 5.26. The zero-order valence-electron chi connectivity index (χ0n) is 16.7. The van der Waals surface area contributed by atoms with E-state index in [2.05, 4.69) is 11.9 Å². The van der Waals surface area contributed by atoms with Crippen molar-refractivity contribution < 1.29 is 23.9 Å². The number of benzene rings is 2. The largest absolute Gasteiger partial charge is 0.493 e. The van der Waals surface area contributed by atoms with Crippen LogP contribution in [0.15, 0.2) is 48.6 Å². The zero-order chi connectivity index (χ0) is 22.7. The van der Waals surface area contributed by atoms with Crippen molar-refractivity contribution >= 4 is 52.8 Å². The summed E-state index contributed by atoms with van der Waals surface area (Å²) in [7, 11) is 3.00. The molecule has 1 N–H and O–H groups in total. The third kappa shape index (κ3) is 4.42. The van der Waals surface area contributed by atoms with Crippen molar-refractivity contribution in [3.8, 4) is 11.5 Å². The molecule has 0 bridgehead atoms. The Labute approximate surface area is 188 Å². The molecule has 31 heavy (non-hydrogen) atoms. The number of halogens is 2. The van der Waals surface area contributed by atoms with Gasteiger partial charge in [0.15, 0.2) is 11.5 Å². The van der Waals surface area contributed by atoms with Gasteiger partial charge in [-0.15, -0.1) is 6.58 Å². The van der Waals surface area contributed by atoms with E-state index in [1.807, 2.05) is 0 Å². The summed E-state index contributed by atoms with van der Waals surface area (Å²) in [6, 6.07) is 6.76. The number of rotatable bonds is 6. The minimum absolute atomic E-state index is 0.163. The second-order valence-electron chi connectivity index (χ2n) is 6.46. The van der Waals surface area contributed by atoms with Crippen LogP contribution in [0.1, 0.15) is 11.1 Å². The molecule has 0 aromatic heterocycles. The first kappa shape index (κ1) is 22.4. The van der Waals surface area contributed by atoms with Crippen LogP contribution in [0.3, 0.4) is 0 Å². The van der Waals surface area contributed by atoms with Crippen LogP contribution in [-0.4, -0.2) is 32.1 Å². The van der Waals surface area contributed by atoms with Crippen molar-refractivity contribution in [3.63, 3.8) is 0 Å². The van der Waals surface area contributed by atoms with Gasteiger partial charge in [-0.1, -0.05) is 29.3 Å². The highest BCUT2D eigenvalue weighted by molar-refractivity contribution is 6.43. The van der Waals surface area contributed by atoms with Crippen molar-refractivity contribution in [2.24, 2.45) is 0 Å². The van der Waals surface area contributed by atoms with Gasteiger partial charge in [0.25, 0.3) is 11.8 Å². The topological polar surface area (TPSA) is 84.9 Å². The molecule has 4 amide bonds. The van der Waals surface area contributed by atoms with Crippen molar-refractivity contribution in [1.29, 1.82) is 0 Å². The number of barbiturate groups is 1. The fraction of sp³-hybridized carbons (Fsp3) is 0.136. The first-order valence-electron chi connectivity index (χ1n) is 9.03. The second kappa shape index (κ2) is 9.24. The average Bonchev–Trinajstić information content (AvgIpc) is 2.73. The van der Waals surface area contributed by atoms with Gasteiger partial charge in [0, 0.05) is 5.56 Å². The number of nitrogens with zero attached hydrogens (tertiary/aromatic N) is 1. The Bertz CT molecular complexity index is 1130. The van der Waals surface area contributed by atoms with Gasteiger partial charge < -0.3 is 9.47 Å². The Morgan fingerprint density at radius 1 is 1.06 bits per heavy atom. The zero-order valence-corrected chi connectivity index (χ0v) is 18.2. The molecule has 1 heterocycles. The molecule has 0 atom stereocenters. The molecule has 0 saturated carbocycles. The lowest BCUT2D eigenvalue weighted by Gasteiger charge is -2.26. The number of urea groups is 1. The van der Waals surface area contributed by atoms with Crippen LogP contribution in [0, 0.1) is 0 Å². The summed E-state index contributed by atoms with van der Waals surface area (Å²) in [6.07, 6.45) is 3.55. The molecule has 2 aromatic carbocycles. The van der Waals surface area contributed by atoms with E-state index in [4.69, 9.17) is 32.7 Å². The summed E-state index contributed by atoms with van der Waals surface area (Å²) in [6.45, 7) is 3.73. The second-order valence-corrected chi connectivity index (χ2v) is 7.28. The lowest BCUT2D eigenvalue weighted by Crippen LogP contribution is -2.54. The number of amides is 4.